The van der Waals surface area contributed by atoms with Gasteiger partial charge in [-0.25, -0.2) is 0 Å². The third-order valence-corrected chi connectivity index (χ3v) is 3.21. The minimum Gasteiger partial charge on any atom is -0.494 e. The van der Waals surface area contributed by atoms with Crippen LogP contribution in [0.5, 0.6) is 5.75 Å². The van der Waals surface area contributed by atoms with Gasteiger partial charge in [-0.1, -0.05) is 0 Å². The van der Waals surface area contributed by atoms with Crippen molar-refractivity contribution in [2.75, 3.05) is 18.5 Å². The molecule has 20 heavy (non-hydrogen) atoms. The molecule has 0 radical (unpaired) electrons. The molecule has 2 rings (SSSR count). The maximum absolute atomic E-state index is 11.8. The summed E-state index contributed by atoms with van der Waals surface area (Å²) in [6, 6.07) is 5.41. The molecule has 1 atom stereocenters. The fourth-order valence-corrected chi connectivity index (χ4v) is 2.19. The van der Waals surface area contributed by atoms with Crippen molar-refractivity contribution in [1.29, 1.82) is 0 Å². The normalized spacial score (nSPS) is 17.2. The molecule has 0 saturated carbocycles. The molecule has 1 amide bonds. The predicted octanol–water partition coefficient (Wildman–Crippen LogP) is 1.000. The van der Waals surface area contributed by atoms with Crippen molar-refractivity contribution in [3.05, 3.63) is 23.8 Å². The average molecular weight is 278 g/mol. The number of ether oxygens (including phenoxy) is 1. The number of anilines is 1. The summed E-state index contributed by atoms with van der Waals surface area (Å²) in [5, 5.41) is 11.5. The Bertz CT molecular complexity index is 516. The van der Waals surface area contributed by atoms with Crippen LogP contribution in [0.15, 0.2) is 18.2 Å². The third-order valence-electron chi connectivity index (χ3n) is 3.21. The van der Waals surface area contributed by atoms with Crippen LogP contribution in [0.25, 0.3) is 0 Å². The highest BCUT2D eigenvalue weighted by atomic mass is 16.5. The number of amides is 1. The fraction of sp³-hybridized carbons (Fsp3) is 0.429. The van der Waals surface area contributed by atoms with Crippen LogP contribution in [0.1, 0.15) is 18.4 Å². The second-order valence-corrected chi connectivity index (χ2v) is 4.80. The standard InChI is InChI=1S/C14H18N2O4/c15-4-1-5-20-11-2-3-12-9(7-11)6-10(8-13(17)18)14(19)16-12/h2-3,7,10H,1,4-6,8,15H2,(H,16,19)(H,17,18). The first-order chi connectivity index (χ1) is 9.60. The number of hydrogen-bond acceptors (Lipinski definition) is 4. The number of nitrogens with two attached hydrogens (primary N) is 1. The fourth-order valence-electron chi connectivity index (χ4n) is 2.19. The van der Waals surface area contributed by atoms with Crippen LogP contribution in [-0.2, 0) is 16.0 Å². The van der Waals surface area contributed by atoms with Gasteiger partial charge in [0.05, 0.1) is 18.9 Å². The Morgan fingerprint density at radius 3 is 3.00 bits per heavy atom. The minimum absolute atomic E-state index is 0.163. The van der Waals surface area contributed by atoms with Gasteiger partial charge in [0.1, 0.15) is 5.75 Å². The summed E-state index contributed by atoms with van der Waals surface area (Å²) >= 11 is 0. The number of hydrogen-bond donors (Lipinski definition) is 3. The Morgan fingerprint density at radius 2 is 2.30 bits per heavy atom. The zero-order valence-corrected chi connectivity index (χ0v) is 11.1. The van der Waals surface area contributed by atoms with E-state index in [4.69, 9.17) is 15.6 Å². The van der Waals surface area contributed by atoms with Crippen molar-refractivity contribution in [3.63, 3.8) is 0 Å². The average Bonchev–Trinajstić information content (AvgIpc) is 2.40. The van der Waals surface area contributed by atoms with Crippen LogP contribution in [0, 0.1) is 5.92 Å². The lowest BCUT2D eigenvalue weighted by molar-refractivity contribution is -0.140. The molecule has 1 aromatic rings. The monoisotopic (exact) mass is 278 g/mol. The first kappa shape index (κ1) is 14.3. The Balaban J connectivity index is 2.09. The number of rotatable bonds is 6. The molecule has 1 aliphatic rings. The molecule has 0 aromatic heterocycles. The number of nitrogens with one attached hydrogen (secondary N) is 1. The lowest BCUT2D eigenvalue weighted by Gasteiger charge is -2.24. The summed E-state index contributed by atoms with van der Waals surface area (Å²) in [5.41, 5.74) is 7.03. The van der Waals surface area contributed by atoms with Crippen LogP contribution in [0.3, 0.4) is 0 Å². The highest BCUT2D eigenvalue weighted by Gasteiger charge is 2.28. The van der Waals surface area contributed by atoms with E-state index >= 15 is 0 Å². The summed E-state index contributed by atoms with van der Waals surface area (Å²) in [5.74, 6) is -1.03. The number of carbonyl (C=O) groups is 2. The molecule has 1 aliphatic heterocycles. The van der Waals surface area contributed by atoms with Crippen LogP contribution < -0.4 is 15.8 Å². The van der Waals surface area contributed by atoms with E-state index in [9.17, 15) is 9.59 Å². The molecule has 4 N–H and O–H groups in total. The van der Waals surface area contributed by atoms with Crippen molar-refractivity contribution < 1.29 is 19.4 Å². The largest absolute Gasteiger partial charge is 0.494 e. The number of carboxylic acid groups (broad SMARTS) is 1. The Hall–Kier alpha value is -2.08. The maximum Gasteiger partial charge on any atom is 0.304 e. The van der Waals surface area contributed by atoms with E-state index in [0.717, 1.165) is 17.7 Å². The van der Waals surface area contributed by atoms with E-state index in [-0.39, 0.29) is 12.3 Å². The summed E-state index contributed by atoms with van der Waals surface area (Å²) in [4.78, 5) is 22.5. The summed E-state index contributed by atoms with van der Waals surface area (Å²) in [6.07, 6.45) is 1.03. The second kappa shape index (κ2) is 6.38. The minimum atomic E-state index is -0.969. The van der Waals surface area contributed by atoms with Gasteiger partial charge in [-0.15, -0.1) is 0 Å². The number of carboxylic acids is 1. The lowest BCUT2D eigenvalue weighted by atomic mass is 9.90. The SMILES string of the molecule is NCCCOc1ccc2c(c1)CC(CC(=O)O)C(=O)N2. The molecule has 1 unspecified atom stereocenters. The van der Waals surface area contributed by atoms with E-state index in [1.54, 1.807) is 12.1 Å². The van der Waals surface area contributed by atoms with Gasteiger partial charge in [0.15, 0.2) is 0 Å². The van der Waals surface area contributed by atoms with Crippen LogP contribution in [0.2, 0.25) is 0 Å². The zero-order valence-electron chi connectivity index (χ0n) is 11.1. The molecule has 0 saturated heterocycles. The molecule has 108 valence electrons. The van der Waals surface area contributed by atoms with Crippen LogP contribution in [-0.4, -0.2) is 30.1 Å². The number of aliphatic carboxylic acids is 1. The molecule has 0 aliphatic carbocycles. The highest BCUT2D eigenvalue weighted by molar-refractivity contribution is 5.97. The maximum atomic E-state index is 11.8. The van der Waals surface area contributed by atoms with Gasteiger partial charge >= 0.3 is 5.97 Å². The van der Waals surface area contributed by atoms with Gasteiger partial charge < -0.3 is 20.9 Å². The number of fused-ring (bicyclic) bond motifs is 1. The van der Waals surface area contributed by atoms with E-state index in [1.807, 2.05) is 6.07 Å². The summed E-state index contributed by atoms with van der Waals surface area (Å²) < 4.78 is 5.55. The van der Waals surface area contributed by atoms with Crippen molar-refractivity contribution >= 4 is 17.6 Å². The molecule has 0 fully saturated rings. The number of benzene rings is 1. The van der Waals surface area contributed by atoms with E-state index < -0.39 is 11.9 Å². The van der Waals surface area contributed by atoms with Gasteiger partial charge in [0.25, 0.3) is 0 Å². The van der Waals surface area contributed by atoms with Crippen LogP contribution >= 0.6 is 0 Å². The molecule has 1 aromatic carbocycles. The predicted molar refractivity (Wildman–Crippen MR) is 73.7 cm³/mol. The van der Waals surface area contributed by atoms with E-state index in [1.165, 1.54) is 0 Å². The van der Waals surface area contributed by atoms with Gasteiger partial charge in [-0.2, -0.15) is 0 Å². The van der Waals surface area contributed by atoms with E-state index in [2.05, 4.69) is 5.32 Å². The quantitative estimate of drug-likeness (QED) is 0.674. The molecule has 0 bridgehead atoms. The third kappa shape index (κ3) is 3.48. The molecular formula is C14H18N2O4. The van der Waals surface area contributed by atoms with Gasteiger partial charge in [0, 0.05) is 5.69 Å². The smallest absolute Gasteiger partial charge is 0.304 e. The van der Waals surface area contributed by atoms with Crippen molar-refractivity contribution in [1.82, 2.24) is 0 Å². The molecule has 6 nitrogen and oxygen atoms in total. The molecule has 0 spiro atoms. The van der Waals surface area contributed by atoms with Crippen LogP contribution in [0.4, 0.5) is 5.69 Å². The zero-order chi connectivity index (χ0) is 14.5. The molecule has 1 heterocycles. The summed E-state index contributed by atoms with van der Waals surface area (Å²) in [7, 11) is 0. The topological polar surface area (TPSA) is 102 Å². The molecular weight excluding hydrogens is 260 g/mol. The lowest BCUT2D eigenvalue weighted by Crippen LogP contribution is -2.31. The Labute approximate surface area is 116 Å². The van der Waals surface area contributed by atoms with Crippen molar-refractivity contribution in [2.45, 2.75) is 19.3 Å². The van der Waals surface area contributed by atoms with E-state index in [0.29, 0.717) is 25.3 Å². The van der Waals surface area contributed by atoms with Gasteiger partial charge in [0.2, 0.25) is 5.91 Å². The highest BCUT2D eigenvalue weighted by Crippen LogP contribution is 2.30. The van der Waals surface area contributed by atoms with Gasteiger partial charge in [-0.05, 0) is 43.1 Å². The summed E-state index contributed by atoms with van der Waals surface area (Å²) in [6.45, 7) is 1.11. The van der Waals surface area contributed by atoms with Crippen molar-refractivity contribution in [2.24, 2.45) is 11.7 Å². The molecule has 6 heteroatoms. The first-order valence-electron chi connectivity index (χ1n) is 6.58. The second-order valence-electron chi connectivity index (χ2n) is 4.80. The Kier molecular flexibility index (Phi) is 4.57. The van der Waals surface area contributed by atoms with Crippen molar-refractivity contribution in [3.8, 4) is 5.75 Å². The number of carbonyl (C=O) groups excluding carboxylic acids is 1. The Morgan fingerprint density at radius 1 is 1.50 bits per heavy atom. The first-order valence-corrected chi connectivity index (χ1v) is 6.58. The van der Waals surface area contributed by atoms with Gasteiger partial charge in [-0.3, -0.25) is 9.59 Å².